The summed E-state index contributed by atoms with van der Waals surface area (Å²) in [5.74, 6) is 4.23. The summed E-state index contributed by atoms with van der Waals surface area (Å²) in [5.41, 5.74) is 0. The Morgan fingerprint density at radius 2 is 2.14 bits per heavy atom. The standard InChI is InChI=1S/C7H10F3NO2S/c1-14-4-2-3-11-6(12)13-5-7(8,9)10/h1-5H2/p+1. The predicted octanol–water partition coefficient (Wildman–Crippen LogP) is 1.18. The van der Waals surface area contributed by atoms with E-state index in [0.717, 1.165) is 5.75 Å². The zero-order chi connectivity index (χ0) is 11.0. The number of alkyl halides is 3. The molecule has 82 valence electrons. The number of hydrogen-bond acceptors (Lipinski definition) is 2. The molecule has 0 spiro atoms. The lowest BCUT2D eigenvalue weighted by Crippen LogP contribution is -2.29. The number of carbonyl (C=O) groups excluding carboxylic acids is 1. The van der Waals surface area contributed by atoms with Crippen molar-refractivity contribution in [3.8, 4) is 0 Å². The van der Waals surface area contributed by atoms with Crippen molar-refractivity contribution in [3.63, 3.8) is 0 Å². The van der Waals surface area contributed by atoms with Gasteiger partial charge in [-0.1, -0.05) is 0 Å². The summed E-state index contributed by atoms with van der Waals surface area (Å²) in [6.07, 6.45) is -4.87. The smallest absolute Gasteiger partial charge is 0.422 e. The molecule has 0 aromatic carbocycles. The molecule has 7 heteroatoms. The monoisotopic (exact) mass is 230 g/mol. The molecule has 1 amide bonds. The summed E-state index contributed by atoms with van der Waals surface area (Å²) in [6.45, 7) is -1.26. The Hall–Kier alpha value is -0.850. The molecule has 0 aromatic rings. The molecule has 0 aromatic heterocycles. The van der Waals surface area contributed by atoms with Gasteiger partial charge in [0.05, 0.1) is 0 Å². The topological polar surface area (TPSA) is 38.3 Å². The van der Waals surface area contributed by atoms with E-state index in [9.17, 15) is 18.0 Å². The number of rotatable bonds is 5. The van der Waals surface area contributed by atoms with Gasteiger partial charge in [-0.15, -0.1) is 0 Å². The van der Waals surface area contributed by atoms with E-state index in [4.69, 9.17) is 0 Å². The number of amides is 1. The first-order valence-electron chi connectivity index (χ1n) is 3.80. The lowest BCUT2D eigenvalue weighted by molar-refractivity contribution is -0.160. The van der Waals surface area contributed by atoms with Gasteiger partial charge in [-0.05, 0) is 0 Å². The fraction of sp³-hybridized carbons (Fsp3) is 0.714. The molecular weight excluding hydrogens is 219 g/mol. The fourth-order valence-electron chi connectivity index (χ4n) is 0.563. The Morgan fingerprint density at radius 1 is 1.50 bits per heavy atom. The van der Waals surface area contributed by atoms with Gasteiger partial charge < -0.3 is 10.1 Å². The highest BCUT2D eigenvalue weighted by molar-refractivity contribution is 7.76. The van der Waals surface area contributed by atoms with Crippen LogP contribution in [0.2, 0.25) is 0 Å². The number of alkyl carbamates (subject to hydrolysis) is 1. The third kappa shape index (κ3) is 9.24. The molecule has 0 aliphatic carbocycles. The SMILES string of the molecule is C=[S+]CCCNC(=O)OCC(F)(F)F. The quantitative estimate of drug-likeness (QED) is 0.437. The van der Waals surface area contributed by atoms with Gasteiger partial charge in [0.25, 0.3) is 0 Å². The third-order valence-electron chi connectivity index (χ3n) is 1.10. The molecule has 0 rings (SSSR count). The van der Waals surface area contributed by atoms with E-state index in [0.29, 0.717) is 13.0 Å². The van der Waals surface area contributed by atoms with Crippen LogP contribution in [0.1, 0.15) is 6.42 Å². The summed E-state index contributed by atoms with van der Waals surface area (Å²) < 4.78 is 38.5. The van der Waals surface area contributed by atoms with Crippen molar-refractivity contribution in [2.45, 2.75) is 12.6 Å². The largest absolute Gasteiger partial charge is 0.440 e. The average molecular weight is 230 g/mol. The number of halogens is 3. The van der Waals surface area contributed by atoms with E-state index >= 15 is 0 Å². The van der Waals surface area contributed by atoms with Crippen molar-refractivity contribution in [2.24, 2.45) is 0 Å². The highest BCUT2D eigenvalue weighted by atomic mass is 32.1. The second kappa shape index (κ2) is 6.58. The lowest BCUT2D eigenvalue weighted by atomic mass is 10.5. The molecule has 0 radical (unpaired) electrons. The van der Waals surface area contributed by atoms with Crippen LogP contribution in [0.5, 0.6) is 0 Å². The van der Waals surface area contributed by atoms with Crippen LogP contribution in [0.4, 0.5) is 18.0 Å². The van der Waals surface area contributed by atoms with Gasteiger partial charge in [-0.25, -0.2) is 4.79 Å². The van der Waals surface area contributed by atoms with Crippen molar-refractivity contribution >= 4 is 23.3 Å². The van der Waals surface area contributed by atoms with Crippen molar-refractivity contribution in [1.82, 2.24) is 5.32 Å². The summed E-state index contributed by atoms with van der Waals surface area (Å²) in [4.78, 5) is 10.6. The first-order valence-corrected chi connectivity index (χ1v) is 4.95. The first kappa shape index (κ1) is 13.2. The maximum absolute atomic E-state index is 11.5. The molecule has 0 saturated carbocycles. The second-order valence-corrected chi connectivity index (χ2v) is 3.20. The van der Waals surface area contributed by atoms with E-state index in [1.165, 1.54) is 11.4 Å². The van der Waals surface area contributed by atoms with Gasteiger partial charge in [0.15, 0.2) is 29.6 Å². The molecule has 0 bridgehead atoms. The minimum absolute atomic E-state index is 0.291. The maximum atomic E-state index is 11.5. The number of carbonyl (C=O) groups is 1. The van der Waals surface area contributed by atoms with Crippen LogP contribution in [0.3, 0.4) is 0 Å². The van der Waals surface area contributed by atoms with Gasteiger partial charge in [-0.3, -0.25) is 0 Å². The van der Waals surface area contributed by atoms with Gasteiger partial charge in [0.1, 0.15) is 0 Å². The van der Waals surface area contributed by atoms with Crippen molar-refractivity contribution in [3.05, 3.63) is 0 Å². The lowest BCUT2D eigenvalue weighted by Gasteiger charge is -2.07. The van der Waals surface area contributed by atoms with Gasteiger partial charge >= 0.3 is 12.3 Å². The van der Waals surface area contributed by atoms with Crippen LogP contribution >= 0.6 is 0 Å². The zero-order valence-corrected chi connectivity index (χ0v) is 8.21. The van der Waals surface area contributed by atoms with E-state index in [1.807, 2.05) is 0 Å². The predicted molar refractivity (Wildman–Crippen MR) is 49.4 cm³/mol. The van der Waals surface area contributed by atoms with Gasteiger partial charge in [-0.2, -0.15) is 13.2 Å². The Morgan fingerprint density at radius 3 is 2.64 bits per heavy atom. The summed E-state index contributed by atoms with van der Waals surface area (Å²) in [6, 6.07) is 0. The summed E-state index contributed by atoms with van der Waals surface area (Å²) in [5, 5.41) is 2.19. The Labute approximate surface area is 83.6 Å². The minimum Gasteiger partial charge on any atom is -0.440 e. The van der Waals surface area contributed by atoms with Gasteiger partial charge in [0.2, 0.25) is 0 Å². The molecule has 0 atom stereocenters. The molecule has 0 aliphatic heterocycles. The molecule has 3 nitrogen and oxygen atoms in total. The Kier molecular flexibility index (Phi) is 6.18. The van der Waals surface area contributed by atoms with E-state index < -0.39 is 18.9 Å². The molecule has 0 fully saturated rings. The molecule has 0 unspecified atom stereocenters. The highest BCUT2D eigenvalue weighted by Crippen LogP contribution is 2.14. The molecule has 1 N–H and O–H groups in total. The summed E-state index contributed by atoms with van der Waals surface area (Å²) >= 11 is 1.35. The molecule has 14 heavy (non-hydrogen) atoms. The molecule has 0 saturated heterocycles. The van der Waals surface area contributed by atoms with E-state index in [1.54, 1.807) is 0 Å². The Balaban J connectivity index is 3.42. The normalized spacial score (nSPS) is 10.8. The minimum atomic E-state index is -4.47. The number of nitrogens with one attached hydrogen (secondary N) is 1. The van der Waals surface area contributed by atoms with Crippen molar-refractivity contribution in [1.29, 1.82) is 0 Å². The Bertz CT molecular complexity index is 196. The van der Waals surface area contributed by atoms with Crippen LogP contribution in [0, 0.1) is 0 Å². The molecule has 0 aliphatic rings. The average Bonchev–Trinajstić information content (AvgIpc) is 2.08. The number of hydrogen-bond donors (Lipinski definition) is 1. The third-order valence-corrected chi connectivity index (χ3v) is 1.68. The molecule has 0 heterocycles. The van der Waals surface area contributed by atoms with Gasteiger partial charge in [0, 0.05) is 13.0 Å². The van der Waals surface area contributed by atoms with Crippen LogP contribution in [-0.2, 0) is 16.1 Å². The fourth-order valence-corrected chi connectivity index (χ4v) is 0.912. The van der Waals surface area contributed by atoms with Crippen LogP contribution < -0.4 is 5.32 Å². The summed E-state index contributed by atoms with van der Waals surface area (Å²) in [7, 11) is 0. The van der Waals surface area contributed by atoms with E-state index in [-0.39, 0.29) is 0 Å². The highest BCUT2D eigenvalue weighted by Gasteiger charge is 2.29. The number of ether oxygens (including phenoxy) is 1. The van der Waals surface area contributed by atoms with Crippen LogP contribution in [0.15, 0.2) is 0 Å². The zero-order valence-electron chi connectivity index (χ0n) is 7.39. The van der Waals surface area contributed by atoms with E-state index in [2.05, 4.69) is 15.9 Å². The second-order valence-electron chi connectivity index (χ2n) is 2.38. The maximum Gasteiger partial charge on any atom is 0.422 e. The van der Waals surface area contributed by atoms with Crippen molar-refractivity contribution in [2.75, 3.05) is 18.9 Å². The molecular formula is C7H11F3NO2S+. The first-order chi connectivity index (χ1) is 6.45. The van der Waals surface area contributed by atoms with Crippen LogP contribution in [-0.4, -0.2) is 37.0 Å². The van der Waals surface area contributed by atoms with Crippen molar-refractivity contribution < 1.29 is 22.7 Å². The van der Waals surface area contributed by atoms with Crippen LogP contribution in [0.25, 0.3) is 0 Å².